The molecule has 2 aliphatic rings. The van der Waals surface area contributed by atoms with Crippen LogP contribution in [0.2, 0.25) is 0 Å². The summed E-state index contributed by atoms with van der Waals surface area (Å²) in [6, 6.07) is 5.49. The fourth-order valence-electron chi connectivity index (χ4n) is 5.21. The van der Waals surface area contributed by atoms with Gasteiger partial charge in [0.25, 0.3) is 11.7 Å². The number of methoxy groups -OCH3 is 2. The van der Waals surface area contributed by atoms with E-state index in [1.807, 2.05) is 0 Å². The average Bonchev–Trinajstić information content (AvgIpc) is 3.39. The number of aliphatic hydroxyl groups excluding tert-OH is 1. The third kappa shape index (κ3) is 5.45. The molecule has 1 atom stereocenters. The number of nitrogens with zero attached hydrogens (tertiary/aromatic N) is 2. The lowest BCUT2D eigenvalue weighted by molar-refractivity contribution is -0.140. The minimum absolute atomic E-state index is 0.0844. The largest absolute Gasteiger partial charge is 0.507 e. The fourth-order valence-corrected chi connectivity index (χ4v) is 5.21. The first-order valence-electron chi connectivity index (χ1n) is 12.7. The van der Waals surface area contributed by atoms with E-state index in [1.165, 1.54) is 19.1 Å². The van der Waals surface area contributed by atoms with Gasteiger partial charge >= 0.3 is 11.9 Å². The predicted octanol–water partition coefficient (Wildman–Crippen LogP) is 2.35. The van der Waals surface area contributed by atoms with E-state index in [1.54, 1.807) is 38.1 Å². The summed E-state index contributed by atoms with van der Waals surface area (Å²) < 4.78 is 15.0. The zero-order valence-corrected chi connectivity index (χ0v) is 22.5. The lowest BCUT2D eigenvalue weighted by atomic mass is 9.93. The molecule has 208 valence electrons. The van der Waals surface area contributed by atoms with Crippen LogP contribution in [0.3, 0.4) is 0 Å². The number of amides is 1. The second-order valence-electron chi connectivity index (χ2n) is 9.53. The van der Waals surface area contributed by atoms with E-state index < -0.39 is 29.7 Å². The molecular formula is C28H33N3O8. The van der Waals surface area contributed by atoms with Gasteiger partial charge in [-0.25, -0.2) is 9.59 Å². The van der Waals surface area contributed by atoms with E-state index in [2.05, 4.69) is 9.88 Å². The molecule has 2 aromatic rings. The summed E-state index contributed by atoms with van der Waals surface area (Å²) in [5.74, 6) is -3.06. The molecular weight excluding hydrogens is 506 g/mol. The Morgan fingerprint density at radius 1 is 1.03 bits per heavy atom. The van der Waals surface area contributed by atoms with Crippen molar-refractivity contribution in [1.82, 2.24) is 14.8 Å². The van der Waals surface area contributed by atoms with Gasteiger partial charge in [-0.15, -0.1) is 0 Å². The summed E-state index contributed by atoms with van der Waals surface area (Å²) in [6.45, 7) is 7.19. The second kappa shape index (κ2) is 11.8. The van der Waals surface area contributed by atoms with Gasteiger partial charge in [0.15, 0.2) is 0 Å². The monoisotopic (exact) mass is 539 g/mol. The Morgan fingerprint density at radius 3 is 2.28 bits per heavy atom. The number of H-pyrrole nitrogens is 1. The molecule has 1 aromatic carbocycles. The Balaban J connectivity index is 1.76. The van der Waals surface area contributed by atoms with Crippen molar-refractivity contribution in [1.29, 1.82) is 0 Å². The summed E-state index contributed by atoms with van der Waals surface area (Å²) in [5, 5.41) is 11.5. The van der Waals surface area contributed by atoms with Gasteiger partial charge < -0.3 is 29.2 Å². The molecule has 2 aliphatic heterocycles. The van der Waals surface area contributed by atoms with Crippen molar-refractivity contribution >= 4 is 29.4 Å². The van der Waals surface area contributed by atoms with Crippen molar-refractivity contribution in [2.75, 3.05) is 53.6 Å². The van der Waals surface area contributed by atoms with Crippen LogP contribution in [0.15, 0.2) is 29.8 Å². The molecule has 4 rings (SSSR count). The number of ketones is 1. The molecule has 2 saturated heterocycles. The Labute approximate surface area is 226 Å². The highest BCUT2D eigenvalue weighted by Gasteiger charge is 2.46. The van der Waals surface area contributed by atoms with Gasteiger partial charge in [0.1, 0.15) is 11.5 Å². The number of esters is 2. The quantitative estimate of drug-likeness (QED) is 0.224. The van der Waals surface area contributed by atoms with Crippen LogP contribution in [0.25, 0.3) is 5.76 Å². The van der Waals surface area contributed by atoms with E-state index in [0.717, 1.165) is 19.6 Å². The van der Waals surface area contributed by atoms with Crippen LogP contribution in [0.5, 0.6) is 0 Å². The number of Topliss-reactive ketones (excluding diaryl/α,β-unsaturated/α-hetero) is 1. The van der Waals surface area contributed by atoms with Crippen molar-refractivity contribution < 1.29 is 38.5 Å². The maximum absolute atomic E-state index is 13.4. The number of hydrogen-bond acceptors (Lipinski definition) is 9. The SMILES string of the molecule is COC(=O)c1ccc([C@H]2/C(=C(\O)c3c(C)[nH]c(C(=O)OC)c3C)C(=O)C(=O)N2CCCN2CCOCC2)cc1. The van der Waals surface area contributed by atoms with Crippen LogP contribution < -0.4 is 0 Å². The summed E-state index contributed by atoms with van der Waals surface area (Å²) in [6.07, 6.45) is 0.610. The van der Waals surface area contributed by atoms with Crippen LogP contribution in [0.4, 0.5) is 0 Å². The normalized spacial score (nSPS) is 19.4. The molecule has 0 bridgehead atoms. The molecule has 3 heterocycles. The first-order chi connectivity index (χ1) is 18.7. The zero-order valence-electron chi connectivity index (χ0n) is 22.5. The maximum Gasteiger partial charge on any atom is 0.354 e. The number of aryl methyl sites for hydroxylation is 1. The Kier molecular flexibility index (Phi) is 8.51. The maximum atomic E-state index is 13.4. The first-order valence-corrected chi connectivity index (χ1v) is 12.7. The third-order valence-corrected chi connectivity index (χ3v) is 7.23. The molecule has 2 fully saturated rings. The molecule has 0 unspecified atom stereocenters. The number of carbonyl (C=O) groups excluding carboxylic acids is 4. The van der Waals surface area contributed by atoms with Crippen molar-refractivity contribution in [3.63, 3.8) is 0 Å². The first kappa shape index (κ1) is 28.1. The number of aromatic amines is 1. The van der Waals surface area contributed by atoms with Crippen molar-refractivity contribution in [3.8, 4) is 0 Å². The lowest BCUT2D eigenvalue weighted by Crippen LogP contribution is -2.39. The van der Waals surface area contributed by atoms with Crippen molar-refractivity contribution in [2.24, 2.45) is 0 Å². The number of rotatable bonds is 8. The number of aliphatic hydroxyl groups is 1. The van der Waals surface area contributed by atoms with E-state index >= 15 is 0 Å². The van der Waals surface area contributed by atoms with E-state index in [9.17, 15) is 24.3 Å². The van der Waals surface area contributed by atoms with E-state index in [4.69, 9.17) is 14.2 Å². The Bertz CT molecular complexity index is 1300. The molecule has 0 radical (unpaired) electrons. The molecule has 1 aromatic heterocycles. The number of nitrogens with one attached hydrogen (secondary N) is 1. The minimum Gasteiger partial charge on any atom is -0.507 e. The molecule has 0 aliphatic carbocycles. The average molecular weight is 540 g/mol. The number of ether oxygens (including phenoxy) is 3. The fraction of sp³-hybridized carbons (Fsp3) is 0.429. The molecule has 0 saturated carbocycles. The Hall–Kier alpha value is -3.96. The Morgan fingerprint density at radius 2 is 1.67 bits per heavy atom. The van der Waals surface area contributed by atoms with Gasteiger partial charge in [-0.3, -0.25) is 14.5 Å². The summed E-state index contributed by atoms with van der Waals surface area (Å²) >= 11 is 0. The van der Waals surface area contributed by atoms with Gasteiger partial charge in [-0.1, -0.05) is 12.1 Å². The molecule has 2 N–H and O–H groups in total. The van der Waals surface area contributed by atoms with E-state index in [-0.39, 0.29) is 29.1 Å². The highest BCUT2D eigenvalue weighted by molar-refractivity contribution is 6.46. The molecule has 0 spiro atoms. The predicted molar refractivity (Wildman–Crippen MR) is 140 cm³/mol. The number of carbonyl (C=O) groups is 4. The van der Waals surface area contributed by atoms with Crippen LogP contribution in [0.1, 0.15) is 55.7 Å². The molecule has 1 amide bonds. The smallest absolute Gasteiger partial charge is 0.354 e. The van der Waals surface area contributed by atoms with Crippen LogP contribution in [-0.4, -0.2) is 97.1 Å². The number of hydrogen-bond donors (Lipinski definition) is 2. The summed E-state index contributed by atoms with van der Waals surface area (Å²) in [7, 11) is 2.53. The standard InChI is InChI=1S/C28H33N3O8/c1-16-20(17(2)29-22(16)28(36)38-4)24(32)21-23(18-6-8-19(9-7-18)27(35)37-3)31(26(34)25(21)33)11-5-10-30-12-14-39-15-13-30/h6-9,23,29,32H,5,10-15H2,1-4H3/b24-21+/t23-/m0/s1. The molecule has 39 heavy (non-hydrogen) atoms. The number of morpholine rings is 1. The van der Waals surface area contributed by atoms with Gasteiger partial charge in [0, 0.05) is 37.4 Å². The van der Waals surface area contributed by atoms with E-state index in [0.29, 0.717) is 42.0 Å². The van der Waals surface area contributed by atoms with Crippen LogP contribution >= 0.6 is 0 Å². The zero-order chi connectivity index (χ0) is 28.3. The van der Waals surface area contributed by atoms with Crippen molar-refractivity contribution in [3.05, 3.63) is 63.5 Å². The van der Waals surface area contributed by atoms with Crippen LogP contribution in [-0.2, 0) is 23.8 Å². The highest BCUT2D eigenvalue weighted by atomic mass is 16.5. The molecule has 11 nitrogen and oxygen atoms in total. The number of benzene rings is 1. The third-order valence-electron chi connectivity index (χ3n) is 7.23. The minimum atomic E-state index is -0.892. The van der Waals surface area contributed by atoms with Gasteiger partial charge in [0.05, 0.1) is 44.6 Å². The summed E-state index contributed by atoms with van der Waals surface area (Å²) in [4.78, 5) is 57.5. The number of aromatic nitrogens is 1. The second-order valence-corrected chi connectivity index (χ2v) is 9.53. The topological polar surface area (TPSA) is 138 Å². The highest BCUT2D eigenvalue weighted by Crippen LogP contribution is 2.41. The number of likely N-dealkylation sites (tertiary alicyclic amines) is 1. The van der Waals surface area contributed by atoms with Gasteiger partial charge in [-0.2, -0.15) is 0 Å². The van der Waals surface area contributed by atoms with Gasteiger partial charge in [-0.05, 0) is 43.5 Å². The lowest BCUT2D eigenvalue weighted by Gasteiger charge is -2.29. The van der Waals surface area contributed by atoms with Crippen molar-refractivity contribution in [2.45, 2.75) is 26.3 Å². The molecule has 11 heteroatoms. The van der Waals surface area contributed by atoms with Gasteiger partial charge in [0.2, 0.25) is 0 Å². The summed E-state index contributed by atoms with van der Waals surface area (Å²) in [5.41, 5.74) is 2.03. The van der Waals surface area contributed by atoms with Crippen LogP contribution in [0, 0.1) is 13.8 Å².